The summed E-state index contributed by atoms with van der Waals surface area (Å²) < 4.78 is 13.0. The Labute approximate surface area is 121 Å². The molecule has 106 valence electrons. The Kier molecular flexibility index (Phi) is 6.28. The first-order valence-corrected chi connectivity index (χ1v) is 7.31. The zero-order valence-electron chi connectivity index (χ0n) is 11.1. The second kappa shape index (κ2) is 7.48. The van der Waals surface area contributed by atoms with Gasteiger partial charge in [0.15, 0.2) is 0 Å². The van der Waals surface area contributed by atoms with Gasteiger partial charge in [0.05, 0.1) is 5.56 Å². The molecule has 0 aliphatic rings. The maximum absolute atomic E-state index is 13.0. The molecule has 1 aromatic rings. The molecule has 0 radical (unpaired) electrons. The molecule has 0 aliphatic carbocycles. The number of carbonyl (C=O) groups is 1. The van der Waals surface area contributed by atoms with E-state index >= 15 is 0 Å². The molecule has 0 spiro atoms. The van der Waals surface area contributed by atoms with Gasteiger partial charge in [-0.05, 0) is 24.1 Å². The van der Waals surface area contributed by atoms with Gasteiger partial charge in [-0.25, -0.2) is 4.39 Å². The third-order valence-corrected chi connectivity index (χ3v) is 4.29. The molecule has 3 nitrogen and oxygen atoms in total. The van der Waals surface area contributed by atoms with E-state index in [1.165, 1.54) is 6.07 Å². The van der Waals surface area contributed by atoms with Gasteiger partial charge in [0.2, 0.25) is 0 Å². The van der Waals surface area contributed by atoms with Crippen LogP contribution in [0.15, 0.2) is 18.2 Å². The van der Waals surface area contributed by atoms with Crippen LogP contribution < -0.4 is 5.32 Å². The first-order chi connectivity index (χ1) is 8.99. The zero-order chi connectivity index (χ0) is 14.4. The molecular weight excluding hydrogens is 313 g/mol. The lowest BCUT2D eigenvalue weighted by molar-refractivity contribution is 0.0949. The van der Waals surface area contributed by atoms with Crippen molar-refractivity contribution in [3.05, 3.63) is 29.6 Å². The van der Waals surface area contributed by atoms with E-state index in [1.807, 2.05) is 0 Å². The highest BCUT2D eigenvalue weighted by Crippen LogP contribution is 2.21. The number of phenols is 1. The van der Waals surface area contributed by atoms with Crippen LogP contribution in [0, 0.1) is 11.7 Å². The summed E-state index contributed by atoms with van der Waals surface area (Å²) in [6.07, 6.45) is 2.04. The van der Waals surface area contributed by atoms with Gasteiger partial charge in [-0.1, -0.05) is 42.6 Å². The van der Waals surface area contributed by atoms with Crippen molar-refractivity contribution in [2.75, 3.05) is 6.54 Å². The van der Waals surface area contributed by atoms with E-state index in [1.54, 1.807) is 0 Å². The van der Waals surface area contributed by atoms with Crippen molar-refractivity contribution in [1.29, 1.82) is 0 Å². The number of benzene rings is 1. The molecule has 0 fully saturated rings. The molecule has 1 atom stereocenters. The van der Waals surface area contributed by atoms with Crippen LogP contribution in [0.2, 0.25) is 0 Å². The molecule has 1 unspecified atom stereocenters. The monoisotopic (exact) mass is 331 g/mol. The molecule has 19 heavy (non-hydrogen) atoms. The molecule has 0 bridgehead atoms. The van der Waals surface area contributed by atoms with Crippen molar-refractivity contribution in [1.82, 2.24) is 5.32 Å². The van der Waals surface area contributed by atoms with Gasteiger partial charge in [0.1, 0.15) is 11.6 Å². The van der Waals surface area contributed by atoms with Crippen molar-refractivity contribution in [2.45, 2.75) is 31.5 Å². The van der Waals surface area contributed by atoms with E-state index in [9.17, 15) is 14.3 Å². The summed E-state index contributed by atoms with van der Waals surface area (Å²) in [5, 5.41) is 12.2. The van der Waals surface area contributed by atoms with E-state index in [0.717, 1.165) is 25.0 Å². The maximum atomic E-state index is 13.0. The van der Waals surface area contributed by atoms with Gasteiger partial charge in [-0.15, -0.1) is 0 Å². The summed E-state index contributed by atoms with van der Waals surface area (Å²) >= 11 is 3.55. The number of hydrogen-bond donors (Lipinski definition) is 2. The number of hydrogen-bond acceptors (Lipinski definition) is 2. The van der Waals surface area contributed by atoms with Crippen molar-refractivity contribution in [3.63, 3.8) is 0 Å². The quantitative estimate of drug-likeness (QED) is 0.784. The second-order valence-corrected chi connectivity index (χ2v) is 5.64. The van der Waals surface area contributed by atoms with Crippen LogP contribution in [0.4, 0.5) is 4.39 Å². The molecule has 1 rings (SSSR count). The molecule has 0 saturated carbocycles. The van der Waals surface area contributed by atoms with Gasteiger partial charge in [-0.3, -0.25) is 4.79 Å². The summed E-state index contributed by atoms with van der Waals surface area (Å²) in [6, 6.07) is 3.32. The Morgan fingerprint density at radius 1 is 1.42 bits per heavy atom. The Morgan fingerprint density at radius 3 is 2.63 bits per heavy atom. The topological polar surface area (TPSA) is 49.3 Å². The lowest BCUT2D eigenvalue weighted by Gasteiger charge is -2.20. The van der Waals surface area contributed by atoms with Crippen LogP contribution in [-0.4, -0.2) is 22.4 Å². The molecule has 1 amide bonds. The second-order valence-electron chi connectivity index (χ2n) is 4.46. The molecule has 1 aromatic carbocycles. The van der Waals surface area contributed by atoms with E-state index in [2.05, 4.69) is 35.1 Å². The highest BCUT2D eigenvalue weighted by Gasteiger charge is 2.18. The van der Waals surface area contributed by atoms with E-state index in [0.29, 0.717) is 12.5 Å². The highest BCUT2D eigenvalue weighted by molar-refractivity contribution is 9.09. The predicted molar refractivity (Wildman–Crippen MR) is 77.2 cm³/mol. The zero-order valence-corrected chi connectivity index (χ0v) is 12.7. The number of carbonyl (C=O) groups excluding carboxylic acids is 1. The molecule has 5 heteroatoms. The summed E-state index contributed by atoms with van der Waals surface area (Å²) in [6.45, 7) is 4.65. The van der Waals surface area contributed by atoms with Gasteiger partial charge in [0.25, 0.3) is 5.91 Å². The number of amides is 1. The van der Waals surface area contributed by atoms with E-state index < -0.39 is 11.7 Å². The number of halogens is 2. The van der Waals surface area contributed by atoms with Gasteiger partial charge in [-0.2, -0.15) is 0 Å². The molecule has 0 heterocycles. The van der Waals surface area contributed by atoms with Crippen LogP contribution >= 0.6 is 15.9 Å². The maximum Gasteiger partial charge on any atom is 0.255 e. The Morgan fingerprint density at radius 2 is 2.05 bits per heavy atom. The smallest absolute Gasteiger partial charge is 0.255 e. The summed E-state index contributed by atoms with van der Waals surface area (Å²) in [5.41, 5.74) is -0.0377. The van der Waals surface area contributed by atoms with Crippen molar-refractivity contribution in [2.24, 2.45) is 5.92 Å². The minimum atomic E-state index is -0.543. The van der Waals surface area contributed by atoms with Crippen LogP contribution in [0.3, 0.4) is 0 Å². The lowest BCUT2D eigenvalue weighted by atomic mass is 9.99. The Balaban J connectivity index is 2.63. The molecule has 0 aromatic heterocycles. The number of rotatable bonds is 6. The molecular formula is C14H19BrFNO2. The van der Waals surface area contributed by atoms with Gasteiger partial charge in [0, 0.05) is 11.4 Å². The molecule has 0 saturated heterocycles. The SMILES string of the molecule is CCC(CC)C(Br)CNC(=O)c1cc(F)ccc1O. The number of alkyl halides is 1. The summed E-state index contributed by atoms with van der Waals surface area (Å²) in [4.78, 5) is 12.0. The van der Waals surface area contributed by atoms with Crippen LogP contribution in [0.25, 0.3) is 0 Å². The number of phenolic OH excluding ortho intramolecular Hbond substituents is 1. The van der Waals surface area contributed by atoms with Crippen LogP contribution in [0.1, 0.15) is 37.0 Å². The fourth-order valence-electron chi connectivity index (χ4n) is 1.94. The molecule has 2 N–H and O–H groups in total. The fourth-order valence-corrected chi connectivity index (χ4v) is 2.85. The number of aromatic hydroxyl groups is 1. The minimum Gasteiger partial charge on any atom is -0.507 e. The average Bonchev–Trinajstić information content (AvgIpc) is 2.40. The third kappa shape index (κ3) is 4.49. The van der Waals surface area contributed by atoms with Crippen LogP contribution in [-0.2, 0) is 0 Å². The lowest BCUT2D eigenvalue weighted by Crippen LogP contribution is -2.33. The van der Waals surface area contributed by atoms with Gasteiger partial charge >= 0.3 is 0 Å². The predicted octanol–water partition coefficient (Wildman–Crippen LogP) is 3.46. The number of nitrogens with one attached hydrogen (secondary N) is 1. The van der Waals surface area contributed by atoms with E-state index in [-0.39, 0.29) is 16.1 Å². The summed E-state index contributed by atoms with van der Waals surface area (Å²) in [7, 11) is 0. The molecule has 0 aliphatic heterocycles. The first-order valence-electron chi connectivity index (χ1n) is 6.40. The third-order valence-electron chi connectivity index (χ3n) is 3.22. The summed E-state index contributed by atoms with van der Waals surface area (Å²) in [5.74, 6) is -0.750. The Bertz CT molecular complexity index is 435. The fraction of sp³-hybridized carbons (Fsp3) is 0.500. The van der Waals surface area contributed by atoms with Crippen molar-refractivity contribution >= 4 is 21.8 Å². The average molecular weight is 332 g/mol. The first kappa shape index (κ1) is 16.0. The Hall–Kier alpha value is -1.10. The minimum absolute atomic E-state index is 0.0377. The van der Waals surface area contributed by atoms with Gasteiger partial charge < -0.3 is 10.4 Å². The van der Waals surface area contributed by atoms with Crippen LogP contribution in [0.5, 0.6) is 5.75 Å². The highest BCUT2D eigenvalue weighted by atomic mass is 79.9. The van der Waals surface area contributed by atoms with E-state index in [4.69, 9.17) is 0 Å². The largest absolute Gasteiger partial charge is 0.507 e. The van der Waals surface area contributed by atoms with Crippen molar-refractivity contribution < 1.29 is 14.3 Å². The van der Waals surface area contributed by atoms with Crippen molar-refractivity contribution in [3.8, 4) is 5.75 Å². The standard InChI is InChI=1S/C14H19BrFNO2/c1-3-9(4-2)12(15)8-17-14(19)11-7-10(16)5-6-13(11)18/h5-7,9,12,18H,3-4,8H2,1-2H3,(H,17,19). The normalized spacial score (nSPS) is 12.5.